The van der Waals surface area contributed by atoms with Gasteiger partial charge in [0, 0.05) is 21.1 Å². The lowest BCUT2D eigenvalue weighted by Crippen LogP contribution is -2.40. The van der Waals surface area contributed by atoms with Crippen molar-refractivity contribution in [2.75, 3.05) is 28.3 Å². The van der Waals surface area contributed by atoms with Crippen LogP contribution in [-0.4, -0.2) is 50.2 Å². The number of hydrogen-bond donors (Lipinski definition) is 0. The average molecular weight is 160 g/mol. The fourth-order valence-electron chi connectivity index (χ4n) is 0.515. The Kier molecular flexibility index (Phi) is 3.36. The molecular formula is C6H12N2O3. The summed E-state index contributed by atoms with van der Waals surface area (Å²) in [7, 11) is 5.69. The van der Waals surface area contributed by atoms with E-state index >= 15 is 0 Å². The third kappa shape index (κ3) is 2.45. The molecule has 0 bridgehead atoms. The molecule has 0 rings (SSSR count). The van der Waals surface area contributed by atoms with Crippen LogP contribution >= 0.6 is 0 Å². The van der Waals surface area contributed by atoms with Crippen LogP contribution in [0.4, 0.5) is 9.59 Å². The molecule has 0 fully saturated rings. The zero-order valence-corrected chi connectivity index (χ0v) is 7.12. The molecule has 0 atom stereocenters. The molecule has 0 heterocycles. The van der Waals surface area contributed by atoms with Crippen molar-refractivity contribution in [2.45, 2.75) is 0 Å². The Balaban J connectivity index is 4.13. The first kappa shape index (κ1) is 9.74. The minimum Gasteiger partial charge on any atom is -0.452 e. The third-order valence-corrected chi connectivity index (χ3v) is 1.12. The van der Waals surface area contributed by atoms with Crippen molar-refractivity contribution < 1.29 is 14.3 Å². The van der Waals surface area contributed by atoms with Crippen LogP contribution in [0.2, 0.25) is 0 Å². The van der Waals surface area contributed by atoms with E-state index in [4.69, 9.17) is 0 Å². The lowest BCUT2D eigenvalue weighted by Gasteiger charge is -2.18. The molecule has 11 heavy (non-hydrogen) atoms. The van der Waals surface area contributed by atoms with Crippen molar-refractivity contribution in [2.24, 2.45) is 0 Å². The quantitative estimate of drug-likeness (QED) is 0.514. The van der Waals surface area contributed by atoms with Gasteiger partial charge in [0.1, 0.15) is 0 Å². The summed E-state index contributed by atoms with van der Waals surface area (Å²) in [6.45, 7) is 0. The van der Waals surface area contributed by atoms with Gasteiger partial charge in [0.25, 0.3) is 0 Å². The number of carbonyl (C=O) groups is 2. The van der Waals surface area contributed by atoms with Crippen LogP contribution in [0.25, 0.3) is 0 Å². The van der Waals surface area contributed by atoms with Crippen molar-refractivity contribution in [3.8, 4) is 0 Å². The summed E-state index contributed by atoms with van der Waals surface area (Å²) in [4.78, 5) is 23.9. The maximum Gasteiger partial charge on any atom is 0.417 e. The highest BCUT2D eigenvalue weighted by Gasteiger charge is 2.17. The van der Waals surface area contributed by atoms with Crippen molar-refractivity contribution in [1.82, 2.24) is 9.80 Å². The molecule has 0 unspecified atom stereocenters. The molecule has 0 radical (unpaired) electrons. The first-order valence-electron chi connectivity index (χ1n) is 3.03. The molecule has 64 valence electrons. The molecule has 0 N–H and O–H groups in total. The minimum absolute atomic E-state index is 0.406. The van der Waals surface area contributed by atoms with Gasteiger partial charge < -0.3 is 9.64 Å². The van der Waals surface area contributed by atoms with E-state index in [-0.39, 0.29) is 0 Å². The summed E-state index contributed by atoms with van der Waals surface area (Å²) in [6.07, 6.45) is -0.663. The number of rotatable bonds is 0. The van der Waals surface area contributed by atoms with Crippen LogP contribution in [-0.2, 0) is 4.74 Å². The van der Waals surface area contributed by atoms with Crippen molar-refractivity contribution in [1.29, 1.82) is 0 Å². The van der Waals surface area contributed by atoms with Gasteiger partial charge in [-0.15, -0.1) is 0 Å². The van der Waals surface area contributed by atoms with Crippen LogP contribution in [0.5, 0.6) is 0 Å². The van der Waals surface area contributed by atoms with Crippen molar-refractivity contribution in [3.05, 3.63) is 0 Å². The van der Waals surface area contributed by atoms with E-state index in [1.54, 1.807) is 14.1 Å². The van der Waals surface area contributed by atoms with Crippen LogP contribution in [0, 0.1) is 0 Å². The van der Waals surface area contributed by atoms with Gasteiger partial charge in [-0.1, -0.05) is 0 Å². The summed E-state index contributed by atoms with van der Waals surface area (Å²) in [6, 6.07) is -0.406. The van der Waals surface area contributed by atoms with Gasteiger partial charge in [-0.3, -0.25) is 0 Å². The minimum atomic E-state index is -0.663. The van der Waals surface area contributed by atoms with Gasteiger partial charge >= 0.3 is 12.1 Å². The number of hydrogen-bond acceptors (Lipinski definition) is 3. The van der Waals surface area contributed by atoms with E-state index < -0.39 is 12.1 Å². The molecule has 0 aliphatic rings. The number of urea groups is 1. The topological polar surface area (TPSA) is 49.9 Å². The number of ether oxygens (including phenoxy) is 1. The molecular weight excluding hydrogens is 148 g/mol. The fraction of sp³-hybridized carbons (Fsp3) is 0.667. The predicted octanol–water partition coefficient (Wildman–Crippen LogP) is 0.366. The molecule has 0 saturated heterocycles. The van der Waals surface area contributed by atoms with Gasteiger partial charge in [-0.05, 0) is 0 Å². The highest BCUT2D eigenvalue weighted by molar-refractivity contribution is 5.90. The highest BCUT2D eigenvalue weighted by atomic mass is 16.5. The average Bonchev–Trinajstić information content (AvgIpc) is 2.00. The number of amides is 3. The number of methoxy groups -OCH3 is 1. The Labute approximate surface area is 65.5 Å². The molecule has 3 amide bonds. The van der Waals surface area contributed by atoms with E-state index in [2.05, 4.69) is 4.74 Å². The maximum absolute atomic E-state index is 11.0. The first-order valence-corrected chi connectivity index (χ1v) is 3.03. The second-order valence-electron chi connectivity index (χ2n) is 2.21. The predicted molar refractivity (Wildman–Crippen MR) is 39.3 cm³/mol. The monoisotopic (exact) mass is 160 g/mol. The van der Waals surface area contributed by atoms with Crippen LogP contribution in [0.3, 0.4) is 0 Å². The summed E-state index contributed by atoms with van der Waals surface area (Å²) in [5.74, 6) is 0. The molecule has 0 spiro atoms. The summed E-state index contributed by atoms with van der Waals surface area (Å²) >= 11 is 0. The van der Waals surface area contributed by atoms with Gasteiger partial charge in [-0.25, -0.2) is 14.5 Å². The molecule has 0 aliphatic heterocycles. The van der Waals surface area contributed by atoms with Crippen LogP contribution < -0.4 is 0 Å². The Bertz CT molecular complexity index is 167. The van der Waals surface area contributed by atoms with E-state index in [1.807, 2.05) is 0 Å². The van der Waals surface area contributed by atoms with Crippen molar-refractivity contribution in [3.63, 3.8) is 0 Å². The smallest absolute Gasteiger partial charge is 0.417 e. The van der Waals surface area contributed by atoms with E-state index in [9.17, 15) is 9.59 Å². The second-order valence-corrected chi connectivity index (χ2v) is 2.21. The molecule has 0 aromatic carbocycles. The highest BCUT2D eigenvalue weighted by Crippen LogP contribution is 1.93. The standard InChI is InChI=1S/C6H12N2O3/c1-7(2)5(9)8(3)6(10)11-4/h1-4H3. The third-order valence-electron chi connectivity index (χ3n) is 1.12. The van der Waals surface area contributed by atoms with Gasteiger partial charge in [0.15, 0.2) is 0 Å². The Morgan fingerprint density at radius 1 is 1.18 bits per heavy atom. The fourth-order valence-corrected chi connectivity index (χ4v) is 0.515. The largest absolute Gasteiger partial charge is 0.452 e. The number of imide groups is 1. The lowest BCUT2D eigenvalue weighted by molar-refractivity contribution is 0.129. The maximum atomic E-state index is 11.0. The molecule has 0 aliphatic carbocycles. The first-order chi connectivity index (χ1) is 5.00. The van der Waals surface area contributed by atoms with Crippen LogP contribution in [0.1, 0.15) is 0 Å². The SMILES string of the molecule is COC(=O)N(C)C(=O)N(C)C. The normalized spacial score (nSPS) is 8.73. The van der Waals surface area contributed by atoms with Gasteiger partial charge in [-0.2, -0.15) is 0 Å². The lowest BCUT2D eigenvalue weighted by atomic mass is 10.7. The summed E-state index contributed by atoms with van der Waals surface area (Å²) < 4.78 is 4.32. The Morgan fingerprint density at radius 2 is 1.64 bits per heavy atom. The Hall–Kier alpha value is -1.26. The van der Waals surface area contributed by atoms with E-state index in [0.717, 1.165) is 4.90 Å². The Morgan fingerprint density at radius 3 is 1.91 bits per heavy atom. The van der Waals surface area contributed by atoms with Crippen LogP contribution in [0.15, 0.2) is 0 Å². The molecule has 0 aromatic heterocycles. The van der Waals surface area contributed by atoms with Gasteiger partial charge in [0.05, 0.1) is 7.11 Å². The molecule has 5 nitrogen and oxygen atoms in total. The van der Waals surface area contributed by atoms with E-state index in [1.165, 1.54) is 19.1 Å². The summed E-state index contributed by atoms with van der Waals surface area (Å²) in [5, 5.41) is 0. The molecule has 5 heteroatoms. The summed E-state index contributed by atoms with van der Waals surface area (Å²) in [5.41, 5.74) is 0. The molecule has 0 aromatic rings. The molecule has 0 saturated carbocycles. The number of nitrogens with zero attached hydrogens (tertiary/aromatic N) is 2. The van der Waals surface area contributed by atoms with Crippen molar-refractivity contribution >= 4 is 12.1 Å². The zero-order valence-electron chi connectivity index (χ0n) is 7.12. The van der Waals surface area contributed by atoms with Gasteiger partial charge in [0.2, 0.25) is 0 Å². The second kappa shape index (κ2) is 3.80. The number of carbonyl (C=O) groups excluding carboxylic acids is 2. The van der Waals surface area contributed by atoms with E-state index in [0.29, 0.717) is 0 Å². The zero-order chi connectivity index (χ0) is 9.02.